The minimum atomic E-state index is -0.334. The highest BCUT2D eigenvalue weighted by Crippen LogP contribution is 2.23. The third-order valence-corrected chi connectivity index (χ3v) is 7.08. The maximum absolute atomic E-state index is 13.6. The summed E-state index contributed by atoms with van der Waals surface area (Å²) in [5.74, 6) is -0.386. The molecule has 0 aliphatic carbocycles. The molecule has 37 heavy (non-hydrogen) atoms. The van der Waals surface area contributed by atoms with E-state index in [2.05, 4.69) is 17.3 Å². The molecule has 0 saturated carbocycles. The fourth-order valence-corrected chi connectivity index (χ4v) is 4.89. The van der Waals surface area contributed by atoms with Crippen molar-refractivity contribution in [3.8, 4) is 0 Å². The summed E-state index contributed by atoms with van der Waals surface area (Å²) in [7, 11) is 2.08. The fourth-order valence-electron chi connectivity index (χ4n) is 4.68. The predicted octanol–water partition coefficient (Wildman–Crippen LogP) is 4.18. The molecule has 190 valence electrons. The Bertz CT molecular complexity index is 1400. The molecule has 5 rings (SSSR count). The van der Waals surface area contributed by atoms with Gasteiger partial charge in [0.15, 0.2) is 0 Å². The van der Waals surface area contributed by atoms with Crippen LogP contribution < -0.4 is 5.32 Å². The van der Waals surface area contributed by atoms with Gasteiger partial charge in [-0.2, -0.15) is 5.10 Å². The fraction of sp³-hybridized carbons (Fsp3) is 0.276. The molecule has 1 aromatic heterocycles. The van der Waals surface area contributed by atoms with Gasteiger partial charge in [-0.15, -0.1) is 0 Å². The van der Waals surface area contributed by atoms with Crippen molar-refractivity contribution in [1.29, 1.82) is 0 Å². The Balaban J connectivity index is 1.33. The third-order valence-electron chi connectivity index (χ3n) is 6.84. The van der Waals surface area contributed by atoms with Gasteiger partial charge >= 0.3 is 0 Å². The molecule has 1 aliphatic rings. The molecule has 1 aliphatic heterocycles. The number of rotatable bonds is 7. The monoisotopic (exact) mass is 515 g/mol. The Morgan fingerprint density at radius 1 is 0.973 bits per heavy atom. The number of carbonyl (C=O) groups is 2. The smallest absolute Gasteiger partial charge is 0.251 e. The molecule has 2 amide bonds. The molecule has 1 unspecified atom stereocenters. The Labute approximate surface area is 221 Å². The van der Waals surface area contributed by atoms with Crippen LogP contribution >= 0.6 is 11.6 Å². The first-order valence-electron chi connectivity index (χ1n) is 12.5. The summed E-state index contributed by atoms with van der Waals surface area (Å²) in [5.41, 5.74) is 3.16. The predicted molar refractivity (Wildman–Crippen MR) is 146 cm³/mol. The first kappa shape index (κ1) is 25.0. The maximum atomic E-state index is 13.6. The molecule has 1 N–H and O–H groups in total. The van der Waals surface area contributed by atoms with Crippen molar-refractivity contribution in [3.63, 3.8) is 0 Å². The summed E-state index contributed by atoms with van der Waals surface area (Å²) in [4.78, 5) is 30.6. The van der Waals surface area contributed by atoms with E-state index < -0.39 is 0 Å². The molecule has 1 fully saturated rings. The molecule has 0 bridgehead atoms. The molecule has 1 saturated heterocycles. The number of nitrogens with one attached hydrogen (secondary N) is 1. The number of likely N-dealkylation sites (N-methyl/N-ethyl adjacent to an activating group) is 1. The Hall–Kier alpha value is -3.68. The van der Waals surface area contributed by atoms with E-state index in [0.29, 0.717) is 29.2 Å². The number of halogens is 1. The lowest BCUT2D eigenvalue weighted by Crippen LogP contribution is -2.49. The van der Waals surface area contributed by atoms with Gasteiger partial charge in [0.25, 0.3) is 5.91 Å². The lowest BCUT2D eigenvalue weighted by atomic mass is 9.97. The lowest BCUT2D eigenvalue weighted by molar-refractivity contribution is -0.134. The second-order valence-corrected chi connectivity index (χ2v) is 9.97. The van der Waals surface area contributed by atoms with E-state index in [1.54, 1.807) is 18.2 Å². The van der Waals surface area contributed by atoms with E-state index in [9.17, 15) is 9.59 Å². The van der Waals surface area contributed by atoms with E-state index in [0.717, 1.165) is 42.7 Å². The van der Waals surface area contributed by atoms with E-state index in [1.807, 2.05) is 70.4 Å². The number of amides is 2. The van der Waals surface area contributed by atoms with Crippen molar-refractivity contribution in [2.24, 2.45) is 0 Å². The molecular weight excluding hydrogens is 486 g/mol. The average molecular weight is 516 g/mol. The zero-order valence-corrected chi connectivity index (χ0v) is 21.6. The number of carbonyl (C=O) groups excluding carboxylic acids is 2. The molecule has 8 heteroatoms. The van der Waals surface area contributed by atoms with Crippen molar-refractivity contribution >= 4 is 34.3 Å². The average Bonchev–Trinajstić information content (AvgIpc) is 3.33. The summed E-state index contributed by atoms with van der Waals surface area (Å²) in [6, 6.07) is 22.8. The van der Waals surface area contributed by atoms with Crippen LogP contribution in [0, 0.1) is 0 Å². The number of piperazine rings is 1. The topological polar surface area (TPSA) is 70.5 Å². The maximum Gasteiger partial charge on any atom is 0.251 e. The van der Waals surface area contributed by atoms with Crippen LogP contribution in [0.5, 0.6) is 0 Å². The highest BCUT2D eigenvalue weighted by Gasteiger charge is 2.28. The van der Waals surface area contributed by atoms with E-state index in [1.165, 1.54) is 0 Å². The van der Waals surface area contributed by atoms with Crippen LogP contribution in [0.4, 0.5) is 0 Å². The van der Waals surface area contributed by atoms with E-state index in [4.69, 9.17) is 16.7 Å². The van der Waals surface area contributed by atoms with Gasteiger partial charge in [0.2, 0.25) is 5.91 Å². The summed E-state index contributed by atoms with van der Waals surface area (Å²) in [6.07, 6.45) is 1.94. The second kappa shape index (κ2) is 11.2. The van der Waals surface area contributed by atoms with Crippen LogP contribution in [-0.4, -0.2) is 64.6 Å². The van der Waals surface area contributed by atoms with Gasteiger partial charge < -0.3 is 15.1 Å². The third kappa shape index (κ3) is 6.01. The van der Waals surface area contributed by atoms with Crippen molar-refractivity contribution in [2.45, 2.75) is 19.0 Å². The standard InChI is InChI=1S/C29H30ClN5O2/c1-33-12-14-34(15-13-33)29(37)26(22-7-3-2-4-8-22)20-35-19-24-11-10-23(17-27(24)32-35)28(36)31-18-21-6-5-9-25(30)16-21/h2-11,16-17,19,26H,12-15,18,20H2,1H3,(H,31,36). The van der Waals surface area contributed by atoms with Crippen LogP contribution in [-0.2, 0) is 17.9 Å². The van der Waals surface area contributed by atoms with Crippen molar-refractivity contribution < 1.29 is 9.59 Å². The van der Waals surface area contributed by atoms with Crippen LogP contribution in [0.1, 0.15) is 27.4 Å². The summed E-state index contributed by atoms with van der Waals surface area (Å²) in [5, 5.41) is 9.23. The highest BCUT2D eigenvalue weighted by molar-refractivity contribution is 6.30. The molecule has 3 aromatic carbocycles. The first-order valence-corrected chi connectivity index (χ1v) is 12.9. The lowest BCUT2D eigenvalue weighted by Gasteiger charge is -2.34. The molecule has 7 nitrogen and oxygen atoms in total. The highest BCUT2D eigenvalue weighted by atomic mass is 35.5. The van der Waals surface area contributed by atoms with Crippen LogP contribution in [0.25, 0.3) is 10.9 Å². The molecule has 0 spiro atoms. The molecule has 2 heterocycles. The summed E-state index contributed by atoms with van der Waals surface area (Å²) < 4.78 is 1.82. The SMILES string of the molecule is CN1CCN(C(=O)C(Cn2cc3ccc(C(=O)NCc4cccc(Cl)c4)cc3n2)c2ccccc2)CC1. The van der Waals surface area contributed by atoms with Gasteiger partial charge in [0.05, 0.1) is 18.0 Å². The van der Waals surface area contributed by atoms with E-state index in [-0.39, 0.29) is 17.7 Å². The minimum Gasteiger partial charge on any atom is -0.348 e. The zero-order valence-electron chi connectivity index (χ0n) is 20.8. The van der Waals surface area contributed by atoms with Crippen LogP contribution in [0.15, 0.2) is 79.0 Å². The zero-order chi connectivity index (χ0) is 25.8. The van der Waals surface area contributed by atoms with Crippen molar-refractivity contribution in [1.82, 2.24) is 24.9 Å². The van der Waals surface area contributed by atoms with Gasteiger partial charge in [0, 0.05) is 54.9 Å². The second-order valence-electron chi connectivity index (χ2n) is 9.53. The number of aromatic nitrogens is 2. The molecule has 4 aromatic rings. The Kier molecular flexibility index (Phi) is 7.53. The van der Waals surface area contributed by atoms with Crippen LogP contribution in [0.3, 0.4) is 0 Å². The quantitative estimate of drug-likeness (QED) is 0.401. The van der Waals surface area contributed by atoms with Crippen LogP contribution in [0.2, 0.25) is 5.02 Å². The Morgan fingerprint density at radius 3 is 2.51 bits per heavy atom. The first-order chi connectivity index (χ1) is 18.0. The van der Waals surface area contributed by atoms with Gasteiger partial charge in [-0.25, -0.2) is 0 Å². The normalized spacial score (nSPS) is 15.0. The van der Waals surface area contributed by atoms with Gasteiger partial charge in [0.1, 0.15) is 0 Å². The molecular formula is C29H30ClN5O2. The van der Waals surface area contributed by atoms with E-state index >= 15 is 0 Å². The Morgan fingerprint density at radius 2 is 1.76 bits per heavy atom. The number of benzene rings is 3. The number of fused-ring (bicyclic) bond motifs is 1. The summed E-state index contributed by atoms with van der Waals surface area (Å²) >= 11 is 6.04. The summed E-state index contributed by atoms with van der Waals surface area (Å²) in [6.45, 7) is 4.03. The van der Waals surface area contributed by atoms with Crippen molar-refractivity contribution in [3.05, 3.63) is 101 Å². The molecule has 0 radical (unpaired) electrons. The largest absolute Gasteiger partial charge is 0.348 e. The van der Waals surface area contributed by atoms with Gasteiger partial charge in [-0.1, -0.05) is 60.1 Å². The van der Waals surface area contributed by atoms with Gasteiger partial charge in [-0.3, -0.25) is 14.3 Å². The number of nitrogens with zero attached hydrogens (tertiary/aromatic N) is 4. The van der Waals surface area contributed by atoms with Crippen molar-refractivity contribution in [2.75, 3.05) is 33.2 Å². The number of hydrogen-bond acceptors (Lipinski definition) is 4. The molecule has 1 atom stereocenters. The minimum absolute atomic E-state index is 0.125. The van der Waals surface area contributed by atoms with Gasteiger partial charge in [-0.05, 0) is 42.4 Å². The number of hydrogen-bond donors (Lipinski definition) is 1.